The second kappa shape index (κ2) is 22.7. The van der Waals surface area contributed by atoms with Crippen molar-refractivity contribution in [2.45, 2.75) is 83.5 Å². The van der Waals surface area contributed by atoms with E-state index >= 15 is 0 Å². The normalized spacial score (nSPS) is 12.4. The molecule has 2 heteroatoms. The molecule has 1 heterocycles. The molecule has 11 aromatic rings. The minimum atomic E-state index is -0.174. The molecule has 0 atom stereocenters. The highest BCUT2D eigenvalue weighted by Gasteiger charge is 2.43. The molecule has 0 saturated heterocycles. The number of fused-ring (bicyclic) bond motifs is 6. The van der Waals surface area contributed by atoms with Gasteiger partial charge in [0.1, 0.15) is 0 Å². The van der Waals surface area contributed by atoms with E-state index in [0.29, 0.717) is 0 Å². The number of hydrogen-bond donors (Lipinski definition) is 0. The monoisotopic (exact) mass is 1020 g/mol. The van der Waals surface area contributed by atoms with Gasteiger partial charge in [0.25, 0.3) is 0 Å². The third-order valence-corrected chi connectivity index (χ3v) is 16.9. The van der Waals surface area contributed by atoms with Gasteiger partial charge in [-0.3, -0.25) is 0 Å². The van der Waals surface area contributed by atoms with Gasteiger partial charge in [-0.1, -0.05) is 248 Å². The van der Waals surface area contributed by atoms with E-state index in [0.717, 1.165) is 35.3 Å². The molecule has 0 N–H and O–H groups in total. The van der Waals surface area contributed by atoms with Crippen molar-refractivity contribution in [2.24, 2.45) is 0 Å². The number of unbranched alkanes of at least 4 members (excludes halogenated alkanes) is 6. The smallest absolute Gasteiger partial charge is 0.0541 e. The van der Waals surface area contributed by atoms with Crippen molar-refractivity contribution < 1.29 is 0 Å². The van der Waals surface area contributed by atoms with Gasteiger partial charge in [0, 0.05) is 38.9 Å². The van der Waals surface area contributed by atoms with Crippen molar-refractivity contribution in [2.75, 3.05) is 4.90 Å². The Morgan fingerprint density at radius 2 is 0.759 bits per heavy atom. The summed E-state index contributed by atoms with van der Waals surface area (Å²) in [6, 6.07) is 86.4. The zero-order valence-electron chi connectivity index (χ0n) is 46.0. The fraction of sp³-hybridized carbons (Fsp3) is 0.169. The molecule has 0 amide bonds. The number of benzene rings is 10. The lowest BCUT2D eigenvalue weighted by Gasteiger charge is -2.34. The molecule has 12 rings (SSSR count). The molecule has 0 unspecified atom stereocenters. The van der Waals surface area contributed by atoms with Crippen molar-refractivity contribution in [3.05, 3.63) is 266 Å². The molecule has 1 aromatic heterocycles. The summed E-state index contributed by atoms with van der Waals surface area (Å²) in [5.41, 5.74) is 24.5. The van der Waals surface area contributed by atoms with Crippen molar-refractivity contribution in [3.8, 4) is 61.3 Å². The van der Waals surface area contributed by atoms with Crippen LogP contribution in [0.1, 0.15) is 100 Å². The number of nitrogens with zero attached hydrogens (tertiary/aromatic N) is 2. The summed E-state index contributed by atoms with van der Waals surface area (Å²) in [4.78, 5) is 2.49. The maximum Gasteiger partial charge on any atom is 0.0541 e. The third-order valence-electron chi connectivity index (χ3n) is 16.9. The fourth-order valence-electron chi connectivity index (χ4n) is 12.7. The van der Waals surface area contributed by atoms with Gasteiger partial charge >= 0.3 is 0 Å². The molecule has 0 radical (unpaired) electrons. The van der Waals surface area contributed by atoms with Crippen LogP contribution in [0.3, 0.4) is 0 Å². The van der Waals surface area contributed by atoms with Gasteiger partial charge in [0.15, 0.2) is 0 Å². The lowest BCUT2D eigenvalue weighted by molar-refractivity contribution is 0.401. The maximum atomic E-state index is 4.01. The van der Waals surface area contributed by atoms with E-state index in [4.69, 9.17) is 0 Å². The first-order valence-electron chi connectivity index (χ1n) is 28.9. The number of hydrogen-bond acceptors (Lipinski definition) is 1. The van der Waals surface area contributed by atoms with Gasteiger partial charge in [-0.05, 0) is 164 Å². The van der Waals surface area contributed by atoms with E-state index in [9.17, 15) is 0 Å². The molecular weight excluding hydrogens is 953 g/mol. The molecule has 0 spiro atoms. The molecule has 0 bridgehead atoms. The summed E-state index contributed by atoms with van der Waals surface area (Å²) in [5.74, 6) is 0. The van der Waals surface area contributed by atoms with Crippen LogP contribution in [-0.2, 0) is 5.41 Å². The summed E-state index contributed by atoms with van der Waals surface area (Å²) in [6.07, 6.45) is 15.8. The quantitative estimate of drug-likeness (QED) is 0.0691. The Hall–Kier alpha value is -8.72. The third kappa shape index (κ3) is 9.98. The van der Waals surface area contributed by atoms with E-state index in [1.165, 1.54) is 151 Å². The van der Waals surface area contributed by atoms with Crippen molar-refractivity contribution in [3.63, 3.8) is 0 Å². The van der Waals surface area contributed by atoms with Crippen LogP contribution in [0, 0.1) is 0 Å². The molecular formula is C77H70N2. The van der Waals surface area contributed by atoms with Crippen LogP contribution in [0.25, 0.3) is 95.3 Å². The summed E-state index contributed by atoms with van der Waals surface area (Å²) in [5, 5.41) is 2.50. The van der Waals surface area contributed by atoms with E-state index in [2.05, 4.69) is 267 Å². The van der Waals surface area contributed by atoms with Gasteiger partial charge in [-0.15, -0.1) is 0 Å². The van der Waals surface area contributed by atoms with Crippen LogP contribution in [0.5, 0.6) is 0 Å². The molecule has 10 aromatic carbocycles. The van der Waals surface area contributed by atoms with Gasteiger partial charge in [-0.2, -0.15) is 0 Å². The Bertz CT molecular complexity index is 3710. The molecule has 388 valence electrons. The van der Waals surface area contributed by atoms with Crippen LogP contribution >= 0.6 is 0 Å². The standard InChI is InChI=1S/C77H70N2/c1-5-9-11-19-49-77(50-20-12-10-6-2)73-53-67(78(65-39-33-59(34-40-65)57-21-15-13-16-22-57)66-41-35-60(36-42-66)58-23-17-14-18-24-58)43-45-69(73)70-46-44-68(54-74(70)77)79-75-47-37-63(61-29-25-55(7-3)26-30-61)51-71(75)72-52-64(38-48-76(72)79)62-31-27-56(8-4)28-32-62/h7-8,13-18,21-48,51-54H,3-6,9-12,19-20,49-50H2,1-2H3. The Balaban J connectivity index is 1.03. The van der Waals surface area contributed by atoms with E-state index < -0.39 is 0 Å². The molecule has 1 aliphatic carbocycles. The second-order valence-corrected chi connectivity index (χ2v) is 21.8. The van der Waals surface area contributed by atoms with Crippen molar-refractivity contribution in [1.29, 1.82) is 0 Å². The molecule has 0 saturated carbocycles. The maximum absolute atomic E-state index is 4.01. The van der Waals surface area contributed by atoms with Crippen LogP contribution in [-0.4, -0.2) is 4.57 Å². The first-order valence-corrected chi connectivity index (χ1v) is 28.9. The Labute approximate surface area is 468 Å². The largest absolute Gasteiger partial charge is 0.310 e. The molecule has 0 fully saturated rings. The summed E-state index contributed by atoms with van der Waals surface area (Å²) in [6.45, 7) is 12.7. The lowest BCUT2D eigenvalue weighted by Crippen LogP contribution is -2.26. The minimum absolute atomic E-state index is 0.174. The highest BCUT2D eigenvalue weighted by Crippen LogP contribution is 2.56. The fourth-order valence-corrected chi connectivity index (χ4v) is 12.7. The van der Waals surface area contributed by atoms with E-state index in [-0.39, 0.29) is 5.41 Å². The average Bonchev–Trinajstić information content (AvgIpc) is 4.23. The predicted octanol–water partition coefficient (Wildman–Crippen LogP) is 22.4. The van der Waals surface area contributed by atoms with Gasteiger partial charge in [-0.25, -0.2) is 0 Å². The van der Waals surface area contributed by atoms with Gasteiger partial charge in [0.2, 0.25) is 0 Å². The average molecular weight is 1020 g/mol. The lowest BCUT2D eigenvalue weighted by atomic mass is 9.70. The highest BCUT2D eigenvalue weighted by molar-refractivity contribution is 6.12. The minimum Gasteiger partial charge on any atom is -0.310 e. The van der Waals surface area contributed by atoms with Crippen molar-refractivity contribution >= 4 is 51.0 Å². The highest BCUT2D eigenvalue weighted by atomic mass is 15.1. The predicted molar refractivity (Wildman–Crippen MR) is 341 cm³/mol. The molecule has 0 aliphatic heterocycles. The number of aromatic nitrogens is 1. The van der Waals surface area contributed by atoms with E-state index in [1.807, 2.05) is 12.2 Å². The van der Waals surface area contributed by atoms with E-state index in [1.54, 1.807) is 0 Å². The summed E-state index contributed by atoms with van der Waals surface area (Å²) in [7, 11) is 0. The molecule has 1 aliphatic rings. The van der Waals surface area contributed by atoms with Crippen LogP contribution in [0.4, 0.5) is 17.1 Å². The van der Waals surface area contributed by atoms with Gasteiger partial charge < -0.3 is 9.47 Å². The SMILES string of the molecule is C=Cc1ccc(-c2ccc3c(c2)c2cc(-c4ccc(C=C)cc4)ccc2n3-c2ccc3c(c2)C(CCCCCC)(CCCCCC)c2cc(N(c4ccc(-c5ccccc5)cc4)c4ccc(-c5ccccc5)cc4)ccc2-3)cc1. The number of anilines is 3. The molecule has 79 heavy (non-hydrogen) atoms. The second-order valence-electron chi connectivity index (χ2n) is 21.8. The zero-order valence-corrected chi connectivity index (χ0v) is 46.0. The first kappa shape index (κ1) is 51.1. The first-order chi connectivity index (χ1) is 39.0. The number of rotatable bonds is 20. The van der Waals surface area contributed by atoms with Crippen LogP contribution < -0.4 is 4.90 Å². The molecule has 2 nitrogen and oxygen atoms in total. The summed E-state index contributed by atoms with van der Waals surface area (Å²) >= 11 is 0. The Kier molecular flexibility index (Phi) is 14.7. The summed E-state index contributed by atoms with van der Waals surface area (Å²) < 4.78 is 2.55. The Morgan fingerprint density at radius 3 is 1.22 bits per heavy atom. The van der Waals surface area contributed by atoms with Crippen molar-refractivity contribution in [1.82, 2.24) is 4.57 Å². The van der Waals surface area contributed by atoms with Crippen LogP contribution in [0.15, 0.2) is 244 Å². The zero-order chi connectivity index (χ0) is 53.7. The Morgan fingerprint density at radius 1 is 0.367 bits per heavy atom. The topological polar surface area (TPSA) is 8.17 Å². The van der Waals surface area contributed by atoms with Gasteiger partial charge in [0.05, 0.1) is 11.0 Å². The van der Waals surface area contributed by atoms with Crippen LogP contribution in [0.2, 0.25) is 0 Å².